The van der Waals surface area contributed by atoms with Gasteiger partial charge in [-0.15, -0.1) is 0 Å². The van der Waals surface area contributed by atoms with Crippen LogP contribution < -0.4 is 4.90 Å². The van der Waals surface area contributed by atoms with Crippen LogP contribution in [-0.4, -0.2) is 43.2 Å². The van der Waals surface area contributed by atoms with E-state index in [0.717, 1.165) is 41.8 Å². The quantitative estimate of drug-likeness (QED) is 0.768. The van der Waals surface area contributed by atoms with Gasteiger partial charge in [-0.25, -0.2) is 0 Å². The maximum absolute atomic E-state index is 3.00. The van der Waals surface area contributed by atoms with Crippen molar-refractivity contribution in [2.75, 3.05) is 20.1 Å². The average molecular weight is 277 g/mol. The molecule has 2 aliphatic carbocycles. The van der Waals surface area contributed by atoms with E-state index >= 15 is 0 Å². The number of nitrogens with one attached hydrogen (secondary N) is 1. The lowest BCUT2D eigenvalue weighted by molar-refractivity contribution is -0.916. The number of nitrogens with zero attached hydrogens (tertiary/aromatic N) is 1. The number of likely N-dealkylation sites (N-methyl/N-ethyl adjacent to an activating group) is 1. The van der Waals surface area contributed by atoms with Crippen molar-refractivity contribution >= 4 is 0 Å². The van der Waals surface area contributed by atoms with Gasteiger partial charge in [-0.3, -0.25) is 4.90 Å². The molecular formula is C18H33N2+. The van der Waals surface area contributed by atoms with Crippen molar-refractivity contribution < 1.29 is 4.90 Å². The van der Waals surface area contributed by atoms with Crippen molar-refractivity contribution in [2.45, 2.75) is 70.5 Å². The number of rotatable bonds is 1. The first-order valence-corrected chi connectivity index (χ1v) is 9.25. The molecule has 7 unspecified atom stereocenters. The fourth-order valence-corrected chi connectivity index (χ4v) is 6.42. The predicted octanol–water partition coefficient (Wildman–Crippen LogP) is 1.81. The highest BCUT2D eigenvalue weighted by atomic mass is 15.3. The first-order chi connectivity index (χ1) is 9.66. The molecule has 2 aliphatic heterocycles. The normalized spacial score (nSPS) is 51.9. The molecule has 4 rings (SSSR count). The number of hydrogen-bond donors (Lipinski definition) is 1. The van der Waals surface area contributed by atoms with Crippen LogP contribution in [0.4, 0.5) is 0 Å². The van der Waals surface area contributed by atoms with E-state index in [1.807, 2.05) is 4.90 Å². The summed E-state index contributed by atoms with van der Waals surface area (Å²) in [6.07, 6.45) is 9.10. The monoisotopic (exact) mass is 277 g/mol. The molecular weight excluding hydrogens is 244 g/mol. The molecule has 114 valence electrons. The number of hydrogen-bond acceptors (Lipinski definition) is 1. The molecule has 0 spiro atoms. The van der Waals surface area contributed by atoms with Gasteiger partial charge < -0.3 is 4.90 Å². The summed E-state index contributed by atoms with van der Waals surface area (Å²) in [6, 6.07) is 2.89. The molecule has 2 heteroatoms. The maximum Gasteiger partial charge on any atom is 0.103 e. The van der Waals surface area contributed by atoms with Crippen LogP contribution in [0, 0.1) is 23.7 Å². The second-order valence-corrected chi connectivity index (χ2v) is 8.57. The molecule has 0 aromatic heterocycles. The first kappa shape index (κ1) is 13.6. The molecule has 2 nitrogen and oxygen atoms in total. The minimum Gasteiger partial charge on any atom is -0.333 e. The summed E-state index contributed by atoms with van der Waals surface area (Å²) in [5.74, 6) is 4.02. The Bertz CT molecular complexity index is 366. The lowest BCUT2D eigenvalue weighted by Crippen LogP contribution is -3.17. The zero-order valence-electron chi connectivity index (χ0n) is 13.6. The van der Waals surface area contributed by atoms with E-state index in [2.05, 4.69) is 25.8 Å². The minimum absolute atomic E-state index is 0.904. The van der Waals surface area contributed by atoms with Crippen molar-refractivity contribution in [1.29, 1.82) is 0 Å². The summed E-state index contributed by atoms with van der Waals surface area (Å²) in [4.78, 5) is 4.85. The Kier molecular flexibility index (Phi) is 3.38. The number of fused-ring (bicyclic) bond motifs is 3. The topological polar surface area (TPSA) is 7.68 Å². The lowest BCUT2D eigenvalue weighted by Gasteiger charge is -2.46. The summed E-state index contributed by atoms with van der Waals surface area (Å²) in [6.45, 7) is 7.69. The highest BCUT2D eigenvalue weighted by Crippen LogP contribution is 2.51. The van der Waals surface area contributed by atoms with Crippen LogP contribution >= 0.6 is 0 Å². The molecule has 1 N–H and O–H groups in total. The van der Waals surface area contributed by atoms with Crippen molar-refractivity contribution in [3.8, 4) is 0 Å². The predicted molar refractivity (Wildman–Crippen MR) is 82.8 cm³/mol. The third-order valence-corrected chi connectivity index (χ3v) is 7.50. The lowest BCUT2D eigenvalue weighted by atomic mass is 9.67. The smallest absolute Gasteiger partial charge is 0.103 e. The second-order valence-electron chi connectivity index (χ2n) is 8.57. The van der Waals surface area contributed by atoms with Gasteiger partial charge in [-0.05, 0) is 55.8 Å². The Hall–Kier alpha value is -0.0800. The molecule has 0 aromatic rings. The maximum atomic E-state index is 3.00. The molecule has 0 aromatic carbocycles. The molecule has 2 saturated heterocycles. The summed E-state index contributed by atoms with van der Waals surface area (Å²) in [5, 5.41) is 0. The Labute approximate surface area is 124 Å². The van der Waals surface area contributed by atoms with Gasteiger partial charge in [0, 0.05) is 19.0 Å². The van der Waals surface area contributed by atoms with E-state index in [1.54, 1.807) is 6.42 Å². The van der Waals surface area contributed by atoms with Crippen molar-refractivity contribution in [3.63, 3.8) is 0 Å². The van der Waals surface area contributed by atoms with E-state index in [-0.39, 0.29) is 0 Å². The van der Waals surface area contributed by atoms with Gasteiger partial charge in [0.05, 0.1) is 19.6 Å². The molecule has 0 radical (unpaired) electrons. The van der Waals surface area contributed by atoms with Gasteiger partial charge in [-0.2, -0.15) is 0 Å². The van der Waals surface area contributed by atoms with E-state index < -0.39 is 0 Å². The van der Waals surface area contributed by atoms with Crippen LogP contribution in [0.25, 0.3) is 0 Å². The highest BCUT2D eigenvalue weighted by Gasteiger charge is 2.57. The number of piperazine rings is 1. The molecule has 7 atom stereocenters. The van der Waals surface area contributed by atoms with Crippen LogP contribution in [0.15, 0.2) is 0 Å². The molecule has 4 aliphatic rings. The van der Waals surface area contributed by atoms with Crippen LogP contribution in [0.1, 0.15) is 52.4 Å². The molecule has 0 bridgehead atoms. The van der Waals surface area contributed by atoms with Gasteiger partial charge in [0.1, 0.15) is 6.04 Å². The summed E-state index contributed by atoms with van der Waals surface area (Å²) >= 11 is 0. The van der Waals surface area contributed by atoms with Gasteiger partial charge in [0.2, 0.25) is 0 Å². The molecule has 4 fully saturated rings. The molecule has 20 heavy (non-hydrogen) atoms. The Balaban J connectivity index is 1.60. The zero-order chi connectivity index (χ0) is 13.9. The van der Waals surface area contributed by atoms with Gasteiger partial charge >= 0.3 is 0 Å². The SMILES string of the molecule is CC(C)C1CCC2C(C1)C1CCCC3C1N2CC[NH+]3C. The minimum atomic E-state index is 0.904. The average Bonchev–Trinajstić information content (AvgIpc) is 2.78. The Morgan fingerprint density at radius 3 is 2.70 bits per heavy atom. The zero-order valence-corrected chi connectivity index (χ0v) is 13.6. The summed E-state index contributed by atoms with van der Waals surface area (Å²) in [7, 11) is 2.46. The molecule has 2 heterocycles. The van der Waals surface area contributed by atoms with E-state index in [4.69, 9.17) is 0 Å². The van der Waals surface area contributed by atoms with Crippen LogP contribution in [-0.2, 0) is 0 Å². The fourth-order valence-electron chi connectivity index (χ4n) is 6.42. The summed E-state index contributed by atoms with van der Waals surface area (Å²) < 4.78 is 0. The largest absolute Gasteiger partial charge is 0.333 e. The fraction of sp³-hybridized carbons (Fsp3) is 1.00. The van der Waals surface area contributed by atoms with Crippen LogP contribution in [0.5, 0.6) is 0 Å². The second kappa shape index (κ2) is 4.98. The number of quaternary nitrogens is 1. The van der Waals surface area contributed by atoms with E-state index in [1.165, 1.54) is 45.2 Å². The van der Waals surface area contributed by atoms with Crippen molar-refractivity contribution in [3.05, 3.63) is 0 Å². The third-order valence-electron chi connectivity index (χ3n) is 7.50. The van der Waals surface area contributed by atoms with Crippen molar-refractivity contribution in [2.24, 2.45) is 23.7 Å². The van der Waals surface area contributed by atoms with E-state index in [9.17, 15) is 0 Å². The Morgan fingerprint density at radius 2 is 1.90 bits per heavy atom. The van der Waals surface area contributed by atoms with Gasteiger partial charge in [0.25, 0.3) is 0 Å². The highest BCUT2D eigenvalue weighted by molar-refractivity contribution is 5.07. The first-order valence-electron chi connectivity index (χ1n) is 9.25. The standard InChI is InChI=1S/C18H32N2/c1-12(2)13-7-8-16-15(11-13)14-5-4-6-17-18(14)20(16)10-9-19(17)3/h12-18H,4-11H2,1-3H3/p+1. The Morgan fingerprint density at radius 1 is 1.05 bits per heavy atom. The molecule has 0 amide bonds. The van der Waals surface area contributed by atoms with Crippen LogP contribution in [0.3, 0.4) is 0 Å². The summed E-state index contributed by atoms with van der Waals surface area (Å²) in [5.41, 5.74) is 0. The third kappa shape index (κ3) is 1.90. The molecule has 2 saturated carbocycles. The van der Waals surface area contributed by atoms with E-state index in [0.29, 0.717) is 0 Å². The van der Waals surface area contributed by atoms with Crippen LogP contribution in [0.2, 0.25) is 0 Å². The van der Waals surface area contributed by atoms with Gasteiger partial charge in [0.15, 0.2) is 0 Å². The van der Waals surface area contributed by atoms with Crippen molar-refractivity contribution in [1.82, 2.24) is 4.90 Å². The van der Waals surface area contributed by atoms with Gasteiger partial charge in [-0.1, -0.05) is 13.8 Å².